The number of piperidine rings is 1. The molecule has 5 rings (SSSR count). The molecule has 0 spiro atoms. The lowest BCUT2D eigenvalue weighted by molar-refractivity contribution is -0.272. The maximum atomic E-state index is 13.8. The summed E-state index contributed by atoms with van der Waals surface area (Å²) in [6.45, 7) is -1.07. The molecular formula is C31H34F6NO2S2+. The van der Waals surface area contributed by atoms with Crippen LogP contribution in [0.1, 0.15) is 39.0 Å². The first-order chi connectivity index (χ1) is 19.8. The fourth-order valence-corrected chi connectivity index (χ4v) is 9.11. The molecule has 0 bridgehead atoms. The van der Waals surface area contributed by atoms with Crippen LogP contribution in [0.3, 0.4) is 0 Å². The molecule has 228 valence electrons. The molecule has 11 heteroatoms. The highest BCUT2D eigenvalue weighted by atomic mass is 32.2. The highest BCUT2D eigenvalue weighted by Gasteiger charge is 2.76. The summed E-state index contributed by atoms with van der Waals surface area (Å²) in [5.74, 6) is -11.1. The highest BCUT2D eigenvalue weighted by Crippen LogP contribution is 2.50. The van der Waals surface area contributed by atoms with E-state index in [-0.39, 0.29) is 46.5 Å². The number of nitrogens with zero attached hydrogens (tertiary/aromatic N) is 1. The van der Waals surface area contributed by atoms with Gasteiger partial charge in [0.25, 0.3) is 10.0 Å². The monoisotopic (exact) mass is 630 g/mol. The molecule has 2 fully saturated rings. The lowest BCUT2D eigenvalue weighted by Crippen LogP contribution is -2.61. The predicted octanol–water partition coefficient (Wildman–Crippen LogP) is 8.49. The third kappa shape index (κ3) is 6.68. The van der Waals surface area contributed by atoms with Crippen LogP contribution in [0.25, 0.3) is 0 Å². The van der Waals surface area contributed by atoms with Gasteiger partial charge < -0.3 is 0 Å². The van der Waals surface area contributed by atoms with Crippen LogP contribution in [0.4, 0.5) is 26.3 Å². The van der Waals surface area contributed by atoms with Gasteiger partial charge in [-0.05, 0) is 61.1 Å². The van der Waals surface area contributed by atoms with E-state index < -0.39 is 34.0 Å². The Morgan fingerprint density at radius 3 is 1.48 bits per heavy atom. The molecule has 3 aromatic rings. The summed E-state index contributed by atoms with van der Waals surface area (Å²) < 4.78 is 104. The molecule has 3 aromatic carbocycles. The van der Waals surface area contributed by atoms with Crippen LogP contribution in [0.5, 0.6) is 0 Å². The number of fused-ring (bicyclic) bond motifs is 1. The van der Waals surface area contributed by atoms with Crippen LogP contribution in [0, 0.1) is 11.8 Å². The van der Waals surface area contributed by atoms with E-state index in [0.29, 0.717) is 6.42 Å². The number of alkyl halides is 6. The second-order valence-electron chi connectivity index (χ2n) is 10.7. The first-order valence-electron chi connectivity index (χ1n) is 13.8. The fourth-order valence-electron chi connectivity index (χ4n) is 5.44. The molecule has 0 aromatic heterocycles. The van der Waals surface area contributed by atoms with Crippen LogP contribution in [0.15, 0.2) is 106 Å². The second-order valence-corrected chi connectivity index (χ2v) is 14.7. The van der Waals surface area contributed by atoms with E-state index in [4.69, 9.17) is 0 Å². The number of rotatable bonds is 7. The quantitative estimate of drug-likeness (QED) is 0.194. The van der Waals surface area contributed by atoms with Crippen LogP contribution >= 0.6 is 0 Å². The van der Waals surface area contributed by atoms with Crippen molar-refractivity contribution in [3.63, 3.8) is 0 Å². The molecule has 42 heavy (non-hydrogen) atoms. The summed E-state index contributed by atoms with van der Waals surface area (Å²) >= 11 is 0. The van der Waals surface area contributed by atoms with E-state index in [1.807, 2.05) is 0 Å². The Morgan fingerprint density at radius 2 is 1.07 bits per heavy atom. The van der Waals surface area contributed by atoms with Gasteiger partial charge in [0.15, 0.2) is 14.7 Å². The van der Waals surface area contributed by atoms with E-state index in [9.17, 15) is 34.8 Å². The minimum atomic E-state index is -5.98. The van der Waals surface area contributed by atoms with E-state index in [1.54, 1.807) is 0 Å². The normalized spacial score (nSPS) is 20.4. The number of halogens is 6. The highest BCUT2D eigenvalue weighted by molar-refractivity contribution is 7.97. The molecule has 0 N–H and O–H groups in total. The molecule has 0 amide bonds. The van der Waals surface area contributed by atoms with Gasteiger partial charge in [-0.2, -0.15) is 30.6 Å². The molecule has 1 saturated carbocycles. The summed E-state index contributed by atoms with van der Waals surface area (Å²) in [7, 11) is -5.90. The zero-order chi connectivity index (χ0) is 30.6. The molecule has 1 heterocycles. The van der Waals surface area contributed by atoms with Crippen LogP contribution in [-0.2, 0) is 20.9 Å². The summed E-state index contributed by atoms with van der Waals surface area (Å²) in [6, 6.07) is 32.2. The van der Waals surface area contributed by atoms with Gasteiger partial charge in [0, 0.05) is 20.0 Å². The van der Waals surface area contributed by atoms with Crippen molar-refractivity contribution in [2.24, 2.45) is 11.8 Å². The van der Waals surface area contributed by atoms with Crippen molar-refractivity contribution in [3.05, 3.63) is 91.0 Å². The predicted molar refractivity (Wildman–Crippen MR) is 153 cm³/mol. The lowest BCUT2D eigenvalue weighted by atomic mass is 9.76. The summed E-state index contributed by atoms with van der Waals surface area (Å²) in [5, 5.41) is -5.86. The molecule has 2 atom stereocenters. The van der Waals surface area contributed by atoms with Crippen molar-refractivity contribution in [2.75, 3.05) is 13.1 Å². The summed E-state index contributed by atoms with van der Waals surface area (Å²) in [4.78, 5) is 4.08. The van der Waals surface area contributed by atoms with Gasteiger partial charge in [-0.3, -0.25) is 0 Å². The van der Waals surface area contributed by atoms with Gasteiger partial charge in [-0.15, -0.1) is 0 Å². The van der Waals surface area contributed by atoms with Crippen molar-refractivity contribution in [3.8, 4) is 0 Å². The van der Waals surface area contributed by atoms with E-state index >= 15 is 0 Å². The van der Waals surface area contributed by atoms with Gasteiger partial charge >= 0.3 is 17.1 Å². The zero-order valence-corrected chi connectivity index (χ0v) is 24.7. The second kappa shape index (κ2) is 13.0. The van der Waals surface area contributed by atoms with Gasteiger partial charge in [0.1, 0.15) is 0 Å². The third-order valence-electron chi connectivity index (χ3n) is 7.77. The minimum Gasteiger partial charge on any atom is -0.206 e. The molecular weight excluding hydrogens is 596 g/mol. The number of hydrogen-bond donors (Lipinski definition) is 0. The van der Waals surface area contributed by atoms with Gasteiger partial charge in [-0.1, -0.05) is 73.9 Å². The van der Waals surface area contributed by atoms with E-state index in [0.717, 1.165) is 19.3 Å². The Morgan fingerprint density at radius 1 is 0.667 bits per heavy atom. The van der Waals surface area contributed by atoms with Crippen LogP contribution in [0.2, 0.25) is 0 Å². The van der Waals surface area contributed by atoms with Crippen LogP contribution < -0.4 is 0 Å². The Kier molecular flexibility index (Phi) is 10.0. The van der Waals surface area contributed by atoms with Crippen molar-refractivity contribution in [1.82, 2.24) is 4.31 Å². The number of hydrogen-bond acceptors (Lipinski definition) is 2. The molecule has 3 nitrogen and oxygen atoms in total. The van der Waals surface area contributed by atoms with Crippen molar-refractivity contribution in [2.45, 2.75) is 70.8 Å². The number of benzene rings is 3. The maximum Gasteiger partial charge on any atom is 0.427 e. The number of sulfonamides is 1. The molecule has 1 aliphatic carbocycles. The van der Waals surface area contributed by atoms with Gasteiger partial charge in [0.2, 0.25) is 0 Å². The average Bonchev–Trinajstić information content (AvgIpc) is 2.98. The Labute approximate surface area is 246 Å². The molecule has 2 unspecified atom stereocenters. The zero-order valence-electron chi connectivity index (χ0n) is 23.1. The Hall–Kier alpha value is -2.50. The van der Waals surface area contributed by atoms with Gasteiger partial charge in [0.05, 0.1) is 10.9 Å². The Balaban J connectivity index is 0.000000196. The topological polar surface area (TPSA) is 37.4 Å². The van der Waals surface area contributed by atoms with E-state index in [2.05, 4.69) is 91.0 Å². The molecule has 1 aliphatic heterocycles. The lowest BCUT2D eigenvalue weighted by Gasteiger charge is -2.42. The first-order valence-corrected chi connectivity index (χ1v) is 16.5. The SMILES string of the molecule is CC(F)(F)C(F)(F)C(F)(F)S(=O)(=O)N1CCC2CCCCC2C1.c1ccc([S+](c2ccccc2)c2ccccc2)cc1. The largest absolute Gasteiger partial charge is 0.427 e. The first kappa shape index (κ1) is 32.4. The third-order valence-corrected chi connectivity index (χ3v) is 11.9. The van der Waals surface area contributed by atoms with Crippen molar-refractivity contribution < 1.29 is 34.8 Å². The van der Waals surface area contributed by atoms with Crippen molar-refractivity contribution >= 4 is 20.9 Å². The summed E-state index contributed by atoms with van der Waals surface area (Å²) in [5.41, 5.74) is 0. The van der Waals surface area contributed by atoms with E-state index in [1.165, 1.54) is 14.7 Å². The molecule has 0 radical (unpaired) electrons. The average molecular weight is 631 g/mol. The Bertz CT molecular complexity index is 1290. The van der Waals surface area contributed by atoms with Gasteiger partial charge in [-0.25, -0.2) is 8.42 Å². The molecule has 2 aliphatic rings. The van der Waals surface area contributed by atoms with Crippen LogP contribution in [-0.4, -0.2) is 42.9 Å². The fraction of sp³-hybridized carbons (Fsp3) is 0.419. The smallest absolute Gasteiger partial charge is 0.206 e. The molecule has 1 saturated heterocycles. The van der Waals surface area contributed by atoms with Crippen molar-refractivity contribution in [1.29, 1.82) is 0 Å². The summed E-state index contributed by atoms with van der Waals surface area (Å²) in [6.07, 6.45) is 3.54. The maximum absolute atomic E-state index is 13.8. The minimum absolute atomic E-state index is 0.0146. The standard InChI is InChI=1S/C18H15S.C13H19F6NO2S/c1-4-10-16(11-5-1)19(17-12-6-2-7-13-17)18-14-8-3-9-15-18;1-11(14,15)12(16,17)13(18,19)23(21,22)20-7-6-9-4-2-3-5-10(9)8-20/h1-15H;9-10H,2-8H2,1H3/q+1;.